The standard InChI is InChI=1S/C16H19N3O2/c1-17(2)14-7-5-6-12-8-9-13(10-11-19(20)21)16(15(12)14)18(3)4/h5-11H,1-4H3/b11-10-. The van der Waals surface area contributed by atoms with Gasteiger partial charge in [-0.25, -0.2) is 0 Å². The van der Waals surface area contributed by atoms with Gasteiger partial charge in [0.05, 0.1) is 10.6 Å². The first-order chi connectivity index (χ1) is 9.91. The number of anilines is 2. The molecule has 2 aromatic rings. The molecule has 0 unspecified atom stereocenters. The molecule has 5 nitrogen and oxygen atoms in total. The number of hydrogen-bond donors (Lipinski definition) is 0. The molecule has 0 fully saturated rings. The molecule has 0 spiro atoms. The third-order valence-electron chi connectivity index (χ3n) is 3.33. The van der Waals surface area contributed by atoms with Crippen LogP contribution in [0, 0.1) is 10.1 Å². The molecule has 0 radical (unpaired) electrons. The third-order valence-corrected chi connectivity index (χ3v) is 3.33. The summed E-state index contributed by atoms with van der Waals surface area (Å²) >= 11 is 0. The second-order valence-corrected chi connectivity index (χ2v) is 5.27. The molecule has 21 heavy (non-hydrogen) atoms. The summed E-state index contributed by atoms with van der Waals surface area (Å²) in [5, 5.41) is 12.8. The van der Waals surface area contributed by atoms with Crippen LogP contribution in [-0.2, 0) is 0 Å². The Morgan fingerprint density at radius 1 is 1.05 bits per heavy atom. The number of nitrogens with zero attached hydrogens (tertiary/aromatic N) is 3. The van der Waals surface area contributed by atoms with E-state index in [1.165, 1.54) is 0 Å². The monoisotopic (exact) mass is 285 g/mol. The number of hydrogen-bond acceptors (Lipinski definition) is 4. The van der Waals surface area contributed by atoms with E-state index < -0.39 is 4.92 Å². The van der Waals surface area contributed by atoms with E-state index in [2.05, 4.69) is 17.0 Å². The molecule has 0 aliphatic rings. The average molecular weight is 285 g/mol. The Morgan fingerprint density at radius 2 is 1.76 bits per heavy atom. The van der Waals surface area contributed by atoms with Crippen LogP contribution in [-0.4, -0.2) is 33.1 Å². The average Bonchev–Trinajstić information content (AvgIpc) is 2.43. The highest BCUT2D eigenvalue weighted by molar-refractivity contribution is 6.06. The van der Waals surface area contributed by atoms with Crippen LogP contribution in [0.15, 0.2) is 36.5 Å². The zero-order valence-corrected chi connectivity index (χ0v) is 12.7. The van der Waals surface area contributed by atoms with E-state index in [9.17, 15) is 10.1 Å². The number of nitro groups is 1. The van der Waals surface area contributed by atoms with Crippen LogP contribution in [0.5, 0.6) is 0 Å². The van der Waals surface area contributed by atoms with Crippen molar-refractivity contribution in [3.8, 4) is 0 Å². The minimum atomic E-state index is -0.443. The van der Waals surface area contributed by atoms with Crippen LogP contribution in [0.3, 0.4) is 0 Å². The van der Waals surface area contributed by atoms with Crippen molar-refractivity contribution in [3.63, 3.8) is 0 Å². The lowest BCUT2D eigenvalue weighted by Crippen LogP contribution is -2.14. The Hall–Kier alpha value is -2.56. The lowest BCUT2D eigenvalue weighted by molar-refractivity contribution is -0.400. The Balaban J connectivity index is 2.81. The fourth-order valence-corrected chi connectivity index (χ4v) is 2.49. The van der Waals surface area contributed by atoms with E-state index in [1.807, 2.05) is 51.3 Å². The Kier molecular flexibility index (Phi) is 4.12. The first kappa shape index (κ1) is 14.8. The van der Waals surface area contributed by atoms with Gasteiger partial charge in [0.25, 0.3) is 0 Å². The molecule has 110 valence electrons. The second-order valence-electron chi connectivity index (χ2n) is 5.27. The van der Waals surface area contributed by atoms with Gasteiger partial charge in [-0.2, -0.15) is 0 Å². The second kappa shape index (κ2) is 5.83. The molecule has 0 bridgehead atoms. The molecule has 5 heteroatoms. The minimum Gasteiger partial charge on any atom is -0.377 e. The SMILES string of the molecule is CN(C)c1cccc2ccc(/C=C\[N+](=O)[O-])c(N(C)C)c12. The van der Waals surface area contributed by atoms with Crippen molar-refractivity contribution in [2.45, 2.75) is 0 Å². The van der Waals surface area contributed by atoms with Gasteiger partial charge >= 0.3 is 0 Å². The summed E-state index contributed by atoms with van der Waals surface area (Å²) in [6, 6.07) is 10.0. The largest absolute Gasteiger partial charge is 0.377 e. The van der Waals surface area contributed by atoms with Crippen LogP contribution in [0.4, 0.5) is 11.4 Å². The first-order valence-corrected chi connectivity index (χ1v) is 6.64. The highest BCUT2D eigenvalue weighted by atomic mass is 16.6. The van der Waals surface area contributed by atoms with E-state index in [0.717, 1.165) is 33.9 Å². The van der Waals surface area contributed by atoms with Crippen LogP contribution in [0.25, 0.3) is 16.8 Å². The van der Waals surface area contributed by atoms with Crippen molar-refractivity contribution in [2.24, 2.45) is 0 Å². The number of benzene rings is 2. The van der Waals surface area contributed by atoms with E-state index in [4.69, 9.17) is 0 Å². The maximum atomic E-state index is 10.6. The smallest absolute Gasteiger partial charge is 0.235 e. The normalized spacial score (nSPS) is 11.0. The molecule has 0 N–H and O–H groups in total. The molecular weight excluding hydrogens is 266 g/mol. The molecule has 0 aliphatic heterocycles. The minimum absolute atomic E-state index is 0.443. The van der Waals surface area contributed by atoms with Crippen molar-refractivity contribution in [3.05, 3.63) is 52.2 Å². The number of fused-ring (bicyclic) bond motifs is 1. The van der Waals surface area contributed by atoms with E-state index >= 15 is 0 Å². The summed E-state index contributed by atoms with van der Waals surface area (Å²) in [7, 11) is 7.89. The molecule has 0 amide bonds. The van der Waals surface area contributed by atoms with Gasteiger partial charge in [-0.05, 0) is 11.5 Å². The van der Waals surface area contributed by atoms with E-state index in [1.54, 1.807) is 6.08 Å². The van der Waals surface area contributed by atoms with Gasteiger partial charge in [0, 0.05) is 50.9 Å². The molecule has 0 saturated heterocycles. The van der Waals surface area contributed by atoms with Gasteiger partial charge in [-0.1, -0.05) is 24.3 Å². The Labute approximate surface area is 124 Å². The highest BCUT2D eigenvalue weighted by Crippen LogP contribution is 2.36. The maximum Gasteiger partial charge on any atom is 0.235 e. The fraction of sp³-hybridized carbons (Fsp3) is 0.250. The van der Waals surface area contributed by atoms with Gasteiger partial charge in [0.2, 0.25) is 6.20 Å². The summed E-state index contributed by atoms with van der Waals surface area (Å²) in [4.78, 5) is 14.2. The Morgan fingerprint density at radius 3 is 2.33 bits per heavy atom. The van der Waals surface area contributed by atoms with Gasteiger partial charge in [-0.15, -0.1) is 0 Å². The summed E-state index contributed by atoms with van der Waals surface area (Å²) in [6.45, 7) is 0. The van der Waals surface area contributed by atoms with E-state index in [0.29, 0.717) is 0 Å². The summed E-state index contributed by atoms with van der Waals surface area (Å²) in [5.41, 5.74) is 2.90. The summed E-state index contributed by atoms with van der Waals surface area (Å²) in [5.74, 6) is 0. The zero-order chi connectivity index (χ0) is 15.6. The zero-order valence-electron chi connectivity index (χ0n) is 12.7. The maximum absolute atomic E-state index is 10.6. The van der Waals surface area contributed by atoms with Gasteiger partial charge in [0.1, 0.15) is 0 Å². The lowest BCUT2D eigenvalue weighted by atomic mass is 10.0. The molecular formula is C16H19N3O2. The van der Waals surface area contributed by atoms with E-state index in [-0.39, 0.29) is 0 Å². The van der Waals surface area contributed by atoms with Crippen LogP contribution >= 0.6 is 0 Å². The molecule has 0 saturated carbocycles. The summed E-state index contributed by atoms with van der Waals surface area (Å²) in [6.07, 6.45) is 2.52. The quantitative estimate of drug-likeness (QED) is 0.639. The van der Waals surface area contributed by atoms with Crippen molar-refractivity contribution >= 4 is 28.2 Å². The molecule has 0 heterocycles. The first-order valence-electron chi connectivity index (χ1n) is 6.64. The van der Waals surface area contributed by atoms with Crippen molar-refractivity contribution < 1.29 is 4.92 Å². The predicted molar refractivity (Wildman–Crippen MR) is 88.6 cm³/mol. The molecule has 2 rings (SSSR count). The van der Waals surface area contributed by atoms with Gasteiger partial charge in [0.15, 0.2) is 0 Å². The highest BCUT2D eigenvalue weighted by Gasteiger charge is 2.13. The lowest BCUT2D eigenvalue weighted by Gasteiger charge is -2.23. The van der Waals surface area contributed by atoms with Crippen LogP contribution < -0.4 is 9.80 Å². The summed E-state index contributed by atoms with van der Waals surface area (Å²) < 4.78 is 0. The predicted octanol–water partition coefficient (Wildman–Crippen LogP) is 3.22. The van der Waals surface area contributed by atoms with Crippen LogP contribution in [0.2, 0.25) is 0 Å². The van der Waals surface area contributed by atoms with Gasteiger partial charge in [-0.3, -0.25) is 10.1 Å². The number of rotatable bonds is 4. The molecule has 0 atom stereocenters. The van der Waals surface area contributed by atoms with Crippen molar-refractivity contribution in [1.82, 2.24) is 0 Å². The Bertz CT molecular complexity index is 706. The fourth-order valence-electron chi connectivity index (χ4n) is 2.49. The topological polar surface area (TPSA) is 49.6 Å². The van der Waals surface area contributed by atoms with Crippen molar-refractivity contribution in [1.29, 1.82) is 0 Å². The molecule has 0 aromatic heterocycles. The van der Waals surface area contributed by atoms with Gasteiger partial charge < -0.3 is 9.80 Å². The van der Waals surface area contributed by atoms with Crippen molar-refractivity contribution in [2.75, 3.05) is 38.0 Å². The molecule has 2 aromatic carbocycles. The van der Waals surface area contributed by atoms with Crippen LogP contribution in [0.1, 0.15) is 5.56 Å². The third kappa shape index (κ3) is 2.97. The molecule has 0 aliphatic carbocycles.